The molecule has 2 nitrogen and oxygen atoms in total. The molecule has 0 bridgehead atoms. The van der Waals surface area contributed by atoms with E-state index in [9.17, 15) is 0 Å². The molecule has 176 valence electrons. The van der Waals surface area contributed by atoms with Crippen LogP contribution in [0.25, 0.3) is 6.08 Å². The molecule has 0 heterocycles. The predicted octanol–water partition coefficient (Wildman–Crippen LogP) is 7.88. The molecule has 4 heteroatoms. The lowest BCUT2D eigenvalue weighted by molar-refractivity contribution is 0.131. The monoisotopic (exact) mass is 476 g/mol. The first kappa shape index (κ1) is 24.4. The Morgan fingerprint density at radius 2 is 1.61 bits per heavy atom. The average Bonchev–Trinajstić information content (AvgIpc) is 3.37. The topological polar surface area (TPSA) is 18.5 Å². The van der Waals surface area contributed by atoms with Crippen LogP contribution in [-0.4, -0.2) is 29.8 Å². The van der Waals surface area contributed by atoms with Gasteiger partial charge in [-0.3, -0.25) is 0 Å². The molecule has 0 aliphatic heterocycles. The van der Waals surface area contributed by atoms with Gasteiger partial charge in [-0.05, 0) is 74.4 Å². The van der Waals surface area contributed by atoms with Crippen molar-refractivity contribution in [3.8, 4) is 0 Å². The molecule has 0 aromatic heterocycles. The van der Waals surface area contributed by atoms with Crippen molar-refractivity contribution in [2.24, 2.45) is 11.3 Å². The number of hydrogen-bond donors (Lipinski definition) is 0. The molecule has 1 aromatic rings. The van der Waals surface area contributed by atoms with Crippen molar-refractivity contribution < 1.29 is 8.85 Å². The number of allylic oxidation sites excluding steroid dienone is 8. The summed E-state index contributed by atoms with van der Waals surface area (Å²) in [5.74, 6) is 0.662. The normalized spacial score (nSPS) is 23.2. The van der Waals surface area contributed by atoms with Crippen molar-refractivity contribution in [2.45, 2.75) is 58.0 Å². The summed E-state index contributed by atoms with van der Waals surface area (Å²) >= 11 is 0. The summed E-state index contributed by atoms with van der Waals surface area (Å²) in [4.78, 5) is 0. The SMILES string of the molecule is C[Si](C)(C)OCCCC(CO[Si](C)(C)C)(C1=CC=C2C=CC=CC21)C1C=Cc2ccccc21. The lowest BCUT2D eigenvalue weighted by atomic mass is 9.62. The first-order chi connectivity index (χ1) is 15.6. The average molecular weight is 477 g/mol. The van der Waals surface area contributed by atoms with E-state index in [0.717, 1.165) is 26.1 Å². The standard InChI is InChI=1S/C29H40O2Si2/c1-32(2,3)30-21-11-20-29(22-31-33(4,5)6,27-18-16-23-12-7-9-14-25(23)27)28-19-17-24-13-8-10-15-26(24)28/h7-10,12-19,25,28H,11,20-22H2,1-6H3. The van der Waals surface area contributed by atoms with Crippen LogP contribution in [0, 0.1) is 11.3 Å². The van der Waals surface area contributed by atoms with E-state index in [1.807, 2.05) is 0 Å². The fraction of sp³-hybridized carbons (Fsp3) is 0.448. The maximum Gasteiger partial charge on any atom is 0.183 e. The second kappa shape index (κ2) is 9.49. The molecule has 0 spiro atoms. The Morgan fingerprint density at radius 1 is 0.848 bits per heavy atom. The molecule has 0 amide bonds. The van der Waals surface area contributed by atoms with Crippen LogP contribution in [0.3, 0.4) is 0 Å². The van der Waals surface area contributed by atoms with Gasteiger partial charge in [-0.2, -0.15) is 0 Å². The van der Waals surface area contributed by atoms with Crippen LogP contribution >= 0.6 is 0 Å². The van der Waals surface area contributed by atoms with E-state index >= 15 is 0 Å². The summed E-state index contributed by atoms with van der Waals surface area (Å²) in [5.41, 5.74) is 5.61. The molecule has 3 aliphatic rings. The third-order valence-corrected chi connectivity index (χ3v) is 8.97. The highest BCUT2D eigenvalue weighted by molar-refractivity contribution is 6.70. The minimum absolute atomic E-state index is 0.0926. The number of rotatable bonds is 10. The van der Waals surface area contributed by atoms with Gasteiger partial charge in [0.25, 0.3) is 0 Å². The summed E-state index contributed by atoms with van der Waals surface area (Å²) in [7, 11) is -3.24. The van der Waals surface area contributed by atoms with Crippen LogP contribution in [-0.2, 0) is 8.85 Å². The van der Waals surface area contributed by atoms with Crippen LogP contribution in [0.4, 0.5) is 0 Å². The number of benzene rings is 1. The first-order valence-electron chi connectivity index (χ1n) is 12.4. The van der Waals surface area contributed by atoms with Gasteiger partial charge >= 0.3 is 0 Å². The quantitative estimate of drug-likeness (QED) is 0.252. The molecular weight excluding hydrogens is 436 g/mol. The predicted molar refractivity (Wildman–Crippen MR) is 146 cm³/mol. The lowest BCUT2D eigenvalue weighted by Gasteiger charge is -2.44. The first-order valence-corrected chi connectivity index (χ1v) is 19.2. The van der Waals surface area contributed by atoms with Crippen LogP contribution in [0.15, 0.2) is 77.9 Å². The third-order valence-electron chi connectivity index (χ3n) is 6.89. The van der Waals surface area contributed by atoms with E-state index in [4.69, 9.17) is 8.85 Å². The highest BCUT2D eigenvalue weighted by Crippen LogP contribution is 2.55. The number of hydrogen-bond acceptors (Lipinski definition) is 2. The van der Waals surface area contributed by atoms with E-state index in [1.54, 1.807) is 0 Å². The second-order valence-electron chi connectivity index (χ2n) is 11.6. The van der Waals surface area contributed by atoms with Crippen LogP contribution < -0.4 is 0 Å². The zero-order valence-electron chi connectivity index (χ0n) is 21.2. The molecular formula is C29H40O2Si2. The molecule has 0 fully saturated rings. The maximum absolute atomic E-state index is 6.78. The third kappa shape index (κ3) is 5.51. The van der Waals surface area contributed by atoms with E-state index < -0.39 is 16.6 Å². The van der Waals surface area contributed by atoms with Crippen molar-refractivity contribution >= 4 is 22.7 Å². The summed E-state index contributed by atoms with van der Waals surface area (Å²) in [6.07, 6.45) is 20.6. The fourth-order valence-corrected chi connectivity index (χ4v) is 6.78. The molecule has 0 radical (unpaired) electrons. The maximum atomic E-state index is 6.78. The minimum atomic E-state index is -1.71. The molecule has 1 aromatic carbocycles. The zero-order valence-corrected chi connectivity index (χ0v) is 23.2. The van der Waals surface area contributed by atoms with Crippen molar-refractivity contribution in [3.63, 3.8) is 0 Å². The Bertz CT molecular complexity index is 1020. The zero-order chi connectivity index (χ0) is 23.7. The Kier molecular flexibility index (Phi) is 7.02. The van der Waals surface area contributed by atoms with E-state index in [0.29, 0.717) is 11.8 Å². The van der Waals surface area contributed by atoms with Gasteiger partial charge in [0, 0.05) is 30.5 Å². The molecule has 0 N–H and O–H groups in total. The largest absolute Gasteiger partial charge is 0.418 e. The molecule has 0 saturated heterocycles. The molecule has 3 atom stereocenters. The summed E-state index contributed by atoms with van der Waals surface area (Å²) in [5, 5.41) is 0. The fourth-order valence-electron chi connectivity index (χ4n) is 5.33. The Hall–Kier alpha value is -1.73. The van der Waals surface area contributed by atoms with Crippen molar-refractivity contribution in [2.75, 3.05) is 13.2 Å². The molecule has 4 rings (SSSR count). The number of fused-ring (bicyclic) bond motifs is 2. The molecule has 3 unspecified atom stereocenters. The lowest BCUT2D eigenvalue weighted by Crippen LogP contribution is -2.41. The van der Waals surface area contributed by atoms with Gasteiger partial charge in [-0.15, -0.1) is 0 Å². The Labute approximate surface area is 203 Å². The van der Waals surface area contributed by atoms with Crippen LogP contribution in [0.1, 0.15) is 29.9 Å². The smallest absolute Gasteiger partial charge is 0.183 e. The molecule has 33 heavy (non-hydrogen) atoms. The Balaban J connectivity index is 1.73. The van der Waals surface area contributed by atoms with Crippen LogP contribution in [0.5, 0.6) is 0 Å². The van der Waals surface area contributed by atoms with Crippen LogP contribution in [0.2, 0.25) is 39.3 Å². The van der Waals surface area contributed by atoms with Gasteiger partial charge in [0.1, 0.15) is 0 Å². The second-order valence-corrected chi connectivity index (χ2v) is 20.6. The Morgan fingerprint density at radius 3 is 2.36 bits per heavy atom. The van der Waals surface area contributed by atoms with E-state index in [2.05, 4.69) is 112 Å². The van der Waals surface area contributed by atoms with Crippen molar-refractivity contribution in [3.05, 3.63) is 89.1 Å². The molecule has 0 saturated carbocycles. The molecule has 3 aliphatic carbocycles. The van der Waals surface area contributed by atoms with E-state index in [-0.39, 0.29) is 5.41 Å². The van der Waals surface area contributed by atoms with E-state index in [1.165, 1.54) is 22.3 Å². The van der Waals surface area contributed by atoms with Gasteiger partial charge in [0.05, 0.1) is 0 Å². The van der Waals surface area contributed by atoms with Gasteiger partial charge < -0.3 is 8.85 Å². The van der Waals surface area contributed by atoms with Gasteiger partial charge in [0.2, 0.25) is 0 Å². The summed E-state index contributed by atoms with van der Waals surface area (Å²) in [6.45, 7) is 15.3. The van der Waals surface area contributed by atoms with Gasteiger partial charge in [-0.1, -0.05) is 72.9 Å². The van der Waals surface area contributed by atoms with Gasteiger partial charge in [0.15, 0.2) is 16.6 Å². The summed E-state index contributed by atoms with van der Waals surface area (Å²) < 4.78 is 13.1. The highest BCUT2D eigenvalue weighted by Gasteiger charge is 2.47. The van der Waals surface area contributed by atoms with Gasteiger partial charge in [-0.25, -0.2) is 0 Å². The highest BCUT2D eigenvalue weighted by atomic mass is 28.4. The van der Waals surface area contributed by atoms with Crippen molar-refractivity contribution in [1.82, 2.24) is 0 Å². The minimum Gasteiger partial charge on any atom is -0.418 e. The van der Waals surface area contributed by atoms with Crippen molar-refractivity contribution in [1.29, 1.82) is 0 Å². The summed E-state index contributed by atoms with van der Waals surface area (Å²) in [6, 6.07) is 8.91.